The van der Waals surface area contributed by atoms with Crippen molar-refractivity contribution in [3.05, 3.63) is 203 Å². The van der Waals surface area contributed by atoms with Crippen LogP contribution in [0.15, 0.2) is 170 Å². The van der Waals surface area contributed by atoms with E-state index in [1.165, 1.54) is 143 Å². The molecule has 0 radical (unpaired) electrons. The monoisotopic (exact) mass is 816 g/mol. The Morgan fingerprint density at radius 3 is 1.09 bits per heavy atom. The van der Waals surface area contributed by atoms with Crippen molar-refractivity contribution in [2.75, 3.05) is 0 Å². The lowest BCUT2D eigenvalue weighted by atomic mass is 9.31. The topological polar surface area (TPSA) is 9.86 Å². The molecule has 0 aliphatic carbocycles. The summed E-state index contributed by atoms with van der Waals surface area (Å²) in [6.07, 6.45) is 0. The fourth-order valence-electron chi connectivity index (χ4n) is 12.5. The van der Waals surface area contributed by atoms with E-state index in [1.807, 2.05) is 0 Å². The van der Waals surface area contributed by atoms with Crippen LogP contribution < -0.4 is 32.8 Å². The molecule has 0 N–H and O–H groups in total. The maximum absolute atomic E-state index is 2.66. The van der Waals surface area contributed by atoms with Gasteiger partial charge in [-0.15, -0.1) is 0 Å². The summed E-state index contributed by atoms with van der Waals surface area (Å²) < 4.78 is 5.24. The van der Waals surface area contributed by atoms with Gasteiger partial charge in [0.25, 0.3) is 0 Å². The lowest BCUT2D eigenvalue weighted by Crippen LogP contribution is -2.62. The third kappa shape index (κ3) is 5.17. The molecule has 0 saturated heterocycles. The average molecular weight is 817 g/mol. The molecule has 64 heavy (non-hydrogen) atoms. The first-order chi connectivity index (χ1) is 31.2. The SMILES string of the molecule is Cc1cc(C)c(B2c3cc4c(cc3-n3c5ccccc5c5cc(-c6ccccc6)cc2c53)-n2c3ccccc3c3cc(-c5ccccc5)cc(c32)B4c2c(C)cc(C)cc2C)c(C)c1. The number of nitrogens with zero attached hydrogens (tertiary/aromatic N) is 2. The number of hydrogen-bond donors (Lipinski definition) is 0. The summed E-state index contributed by atoms with van der Waals surface area (Å²) in [7, 11) is 0. The summed E-state index contributed by atoms with van der Waals surface area (Å²) in [6.45, 7) is 13.8. The Hall–Kier alpha value is -7.29. The molecule has 4 heteroatoms. The van der Waals surface area contributed by atoms with Gasteiger partial charge >= 0.3 is 0 Å². The standard InChI is InChI=1S/C60H46B2N2/c1-35-25-37(3)57(38(4)26-35)61-49-33-50-56(34-55(49)63-53-23-15-13-21-45(53)47-29-43(31-51(61)59(47)63)41-17-9-7-10-18-41)64-54-24-16-14-22-46(54)48-30-44(42-19-11-8-12-20-42)32-52(60(48)64)62(50)58-39(5)27-36(2)28-40(58)6/h7-34H,1-6H3. The van der Waals surface area contributed by atoms with Crippen molar-refractivity contribution in [3.63, 3.8) is 0 Å². The van der Waals surface area contributed by atoms with Crippen LogP contribution in [-0.2, 0) is 0 Å². The number of rotatable bonds is 4. The van der Waals surface area contributed by atoms with Gasteiger partial charge in [0.2, 0.25) is 13.4 Å². The van der Waals surface area contributed by atoms with Gasteiger partial charge in [-0.3, -0.25) is 0 Å². The van der Waals surface area contributed by atoms with Crippen LogP contribution in [0.4, 0.5) is 0 Å². The van der Waals surface area contributed by atoms with E-state index in [4.69, 9.17) is 0 Å². The Kier molecular flexibility index (Phi) is 7.92. The zero-order valence-corrected chi connectivity index (χ0v) is 37.2. The Bertz CT molecular complexity index is 3500. The van der Waals surface area contributed by atoms with Gasteiger partial charge in [0.05, 0.1) is 11.0 Å². The summed E-state index contributed by atoms with van der Waals surface area (Å²) in [6, 6.07) is 64.9. The molecule has 0 spiro atoms. The highest BCUT2D eigenvalue weighted by molar-refractivity contribution is 7.01. The minimum Gasteiger partial charge on any atom is -0.310 e. The summed E-state index contributed by atoms with van der Waals surface area (Å²) in [5.41, 5.74) is 28.9. The minimum atomic E-state index is 0.00297. The Morgan fingerprint density at radius 1 is 0.312 bits per heavy atom. The summed E-state index contributed by atoms with van der Waals surface area (Å²) in [5, 5.41) is 5.18. The third-order valence-corrected chi connectivity index (χ3v) is 14.8. The van der Waals surface area contributed by atoms with E-state index in [9.17, 15) is 0 Å². The van der Waals surface area contributed by atoms with E-state index in [0.29, 0.717) is 0 Å². The van der Waals surface area contributed by atoms with Gasteiger partial charge in [-0.1, -0.05) is 184 Å². The molecular weight excluding hydrogens is 770 g/mol. The van der Waals surface area contributed by atoms with E-state index in [2.05, 4.69) is 221 Å². The van der Waals surface area contributed by atoms with Gasteiger partial charge in [-0.25, -0.2) is 0 Å². The lowest BCUT2D eigenvalue weighted by molar-refractivity contribution is 1.15. The van der Waals surface area contributed by atoms with E-state index >= 15 is 0 Å². The van der Waals surface area contributed by atoms with E-state index < -0.39 is 0 Å². The minimum absolute atomic E-state index is 0.00297. The predicted molar refractivity (Wildman–Crippen MR) is 277 cm³/mol. The van der Waals surface area contributed by atoms with Crippen molar-refractivity contribution in [3.8, 4) is 33.6 Å². The van der Waals surface area contributed by atoms with Crippen LogP contribution in [0.25, 0.3) is 77.2 Å². The number of hydrogen-bond acceptors (Lipinski definition) is 0. The number of aryl methyl sites for hydroxylation is 6. The molecule has 11 aromatic rings. The molecule has 302 valence electrons. The van der Waals surface area contributed by atoms with E-state index in [-0.39, 0.29) is 13.4 Å². The molecule has 0 atom stereocenters. The fourth-order valence-corrected chi connectivity index (χ4v) is 12.5. The van der Waals surface area contributed by atoms with Gasteiger partial charge in [0, 0.05) is 44.0 Å². The van der Waals surface area contributed by atoms with Crippen molar-refractivity contribution >= 4 is 89.8 Å². The van der Waals surface area contributed by atoms with Crippen LogP contribution >= 0.6 is 0 Å². The lowest BCUT2D eigenvalue weighted by Gasteiger charge is -2.34. The number of para-hydroxylation sites is 2. The van der Waals surface area contributed by atoms with Gasteiger partial charge in [-0.2, -0.15) is 0 Å². The molecule has 2 aromatic heterocycles. The van der Waals surface area contributed by atoms with Crippen molar-refractivity contribution in [2.24, 2.45) is 0 Å². The highest BCUT2D eigenvalue weighted by Crippen LogP contribution is 2.40. The molecule has 0 unspecified atom stereocenters. The largest absolute Gasteiger partial charge is 0.310 e. The molecule has 0 bridgehead atoms. The predicted octanol–water partition coefficient (Wildman–Crippen LogP) is 10.7. The molecule has 0 amide bonds. The maximum atomic E-state index is 2.66. The summed E-state index contributed by atoms with van der Waals surface area (Å²) in [4.78, 5) is 0. The van der Waals surface area contributed by atoms with Crippen LogP contribution in [0, 0.1) is 41.5 Å². The molecule has 0 saturated carbocycles. The smallest absolute Gasteiger partial charge is 0.247 e. The Balaban J connectivity index is 1.23. The molecule has 0 fully saturated rings. The molecule has 2 nitrogen and oxygen atoms in total. The second-order valence-electron chi connectivity index (χ2n) is 18.8. The van der Waals surface area contributed by atoms with Gasteiger partial charge < -0.3 is 9.13 Å². The van der Waals surface area contributed by atoms with Crippen molar-refractivity contribution in [1.82, 2.24) is 9.13 Å². The van der Waals surface area contributed by atoms with E-state index in [0.717, 1.165) is 0 Å². The molecule has 9 aromatic carbocycles. The first-order valence-electron chi connectivity index (χ1n) is 22.8. The second-order valence-corrected chi connectivity index (χ2v) is 18.8. The molecular formula is C60H46B2N2. The fraction of sp³-hybridized carbons (Fsp3) is 0.100. The molecule has 2 aliphatic rings. The van der Waals surface area contributed by atoms with Crippen LogP contribution in [0.1, 0.15) is 33.4 Å². The molecule has 4 heterocycles. The highest BCUT2D eigenvalue weighted by atomic mass is 15.0. The number of fused-ring (bicyclic) bond motifs is 10. The Labute approximate surface area is 375 Å². The normalized spacial score (nSPS) is 12.8. The van der Waals surface area contributed by atoms with Crippen molar-refractivity contribution in [2.45, 2.75) is 41.5 Å². The van der Waals surface area contributed by atoms with Gasteiger partial charge in [0.1, 0.15) is 0 Å². The van der Waals surface area contributed by atoms with Crippen molar-refractivity contribution < 1.29 is 0 Å². The summed E-state index contributed by atoms with van der Waals surface area (Å²) in [5.74, 6) is 0. The first-order valence-corrected chi connectivity index (χ1v) is 22.8. The van der Waals surface area contributed by atoms with E-state index in [1.54, 1.807) is 0 Å². The van der Waals surface area contributed by atoms with Crippen LogP contribution in [0.5, 0.6) is 0 Å². The first kappa shape index (κ1) is 37.3. The van der Waals surface area contributed by atoms with Gasteiger partial charge in [0.15, 0.2) is 0 Å². The highest BCUT2D eigenvalue weighted by Gasteiger charge is 2.41. The number of aromatic nitrogens is 2. The van der Waals surface area contributed by atoms with Gasteiger partial charge in [-0.05, 0) is 116 Å². The van der Waals surface area contributed by atoms with Crippen molar-refractivity contribution in [1.29, 1.82) is 0 Å². The van der Waals surface area contributed by atoms with Crippen LogP contribution in [-0.4, -0.2) is 22.6 Å². The third-order valence-electron chi connectivity index (χ3n) is 14.8. The zero-order valence-electron chi connectivity index (χ0n) is 37.2. The van der Waals surface area contributed by atoms with Crippen LogP contribution in [0.2, 0.25) is 0 Å². The maximum Gasteiger partial charge on any atom is 0.247 e. The molecule has 2 aliphatic heterocycles. The average Bonchev–Trinajstić information content (AvgIpc) is 3.82. The quantitative estimate of drug-likeness (QED) is 0.157. The summed E-state index contributed by atoms with van der Waals surface area (Å²) >= 11 is 0. The Morgan fingerprint density at radius 2 is 0.688 bits per heavy atom. The zero-order chi connectivity index (χ0) is 43.1. The second kappa shape index (κ2) is 13.6. The number of benzene rings is 9. The van der Waals surface area contributed by atoms with Crippen LogP contribution in [0.3, 0.4) is 0 Å². The molecule has 13 rings (SSSR count).